The molecule has 144 valence electrons. The van der Waals surface area contributed by atoms with Crippen molar-refractivity contribution in [3.63, 3.8) is 0 Å². The molecule has 2 aromatic carbocycles. The van der Waals surface area contributed by atoms with E-state index in [0.29, 0.717) is 28.6 Å². The summed E-state index contributed by atoms with van der Waals surface area (Å²) in [7, 11) is 0. The standard InChI is InChI=1S/C21H20FN3O3/c1-21(2)11-17(15-8-7-12(22)9-18(15)28-21)23-19(26)10-16-13-5-3-4-6-14(13)20(27)25-24-16/h3-9,17H,10-11H2,1-2H3,(H,23,26)(H,25,27). The first kappa shape index (κ1) is 18.2. The summed E-state index contributed by atoms with van der Waals surface area (Å²) < 4.78 is 19.5. The number of carbonyl (C=O) groups is 1. The number of hydrogen-bond acceptors (Lipinski definition) is 4. The van der Waals surface area contributed by atoms with Crippen LogP contribution in [0.25, 0.3) is 10.8 Å². The van der Waals surface area contributed by atoms with Gasteiger partial charge in [0.25, 0.3) is 5.56 Å². The maximum absolute atomic E-state index is 13.6. The molecule has 0 aliphatic carbocycles. The average molecular weight is 381 g/mol. The maximum atomic E-state index is 13.6. The molecule has 0 saturated carbocycles. The van der Waals surface area contributed by atoms with Crippen LogP contribution in [0, 0.1) is 5.82 Å². The molecule has 0 saturated heterocycles. The molecular weight excluding hydrogens is 361 g/mol. The van der Waals surface area contributed by atoms with E-state index in [4.69, 9.17) is 4.74 Å². The molecule has 3 aromatic rings. The topological polar surface area (TPSA) is 84.1 Å². The molecule has 1 aliphatic heterocycles. The predicted molar refractivity (Wildman–Crippen MR) is 103 cm³/mol. The molecule has 1 aromatic heterocycles. The summed E-state index contributed by atoms with van der Waals surface area (Å²) in [4.78, 5) is 24.6. The van der Waals surface area contributed by atoms with Crippen molar-refractivity contribution in [1.82, 2.24) is 15.5 Å². The van der Waals surface area contributed by atoms with Crippen molar-refractivity contribution in [3.8, 4) is 5.75 Å². The summed E-state index contributed by atoms with van der Waals surface area (Å²) in [6.45, 7) is 3.80. The molecular formula is C21H20FN3O3. The summed E-state index contributed by atoms with van der Waals surface area (Å²) in [5, 5.41) is 10.6. The Kier molecular flexibility index (Phi) is 4.37. The van der Waals surface area contributed by atoms with Crippen LogP contribution in [0.5, 0.6) is 5.75 Å². The number of halogens is 1. The Labute approximate surface area is 160 Å². The van der Waals surface area contributed by atoms with Gasteiger partial charge in [-0.25, -0.2) is 9.49 Å². The van der Waals surface area contributed by atoms with Gasteiger partial charge >= 0.3 is 0 Å². The Morgan fingerprint density at radius 2 is 2.04 bits per heavy atom. The van der Waals surface area contributed by atoms with Crippen molar-refractivity contribution >= 4 is 16.7 Å². The first-order valence-electron chi connectivity index (χ1n) is 9.06. The average Bonchev–Trinajstić information content (AvgIpc) is 2.63. The van der Waals surface area contributed by atoms with E-state index in [9.17, 15) is 14.0 Å². The summed E-state index contributed by atoms with van der Waals surface area (Å²) in [5.74, 6) is -0.178. The second-order valence-corrected chi connectivity index (χ2v) is 7.59. The number of aromatic amines is 1. The molecule has 1 amide bonds. The molecule has 1 aliphatic rings. The normalized spacial score (nSPS) is 17.6. The third kappa shape index (κ3) is 3.47. The maximum Gasteiger partial charge on any atom is 0.272 e. The van der Waals surface area contributed by atoms with Crippen LogP contribution in [-0.4, -0.2) is 21.7 Å². The van der Waals surface area contributed by atoms with E-state index in [2.05, 4.69) is 15.5 Å². The van der Waals surface area contributed by atoms with Crippen molar-refractivity contribution in [1.29, 1.82) is 0 Å². The Balaban J connectivity index is 1.60. The van der Waals surface area contributed by atoms with Gasteiger partial charge in [0.1, 0.15) is 17.2 Å². The SMILES string of the molecule is CC1(C)CC(NC(=O)Cc2n[nH]c(=O)c3ccccc23)c2ccc(F)cc2O1. The molecule has 4 rings (SSSR count). The van der Waals surface area contributed by atoms with Gasteiger partial charge < -0.3 is 10.1 Å². The smallest absolute Gasteiger partial charge is 0.272 e. The summed E-state index contributed by atoms with van der Waals surface area (Å²) in [6, 6.07) is 11.1. The molecule has 0 bridgehead atoms. The van der Waals surface area contributed by atoms with Crippen LogP contribution in [0.4, 0.5) is 4.39 Å². The lowest BCUT2D eigenvalue weighted by atomic mass is 9.89. The van der Waals surface area contributed by atoms with Gasteiger partial charge in [-0.05, 0) is 26.0 Å². The second-order valence-electron chi connectivity index (χ2n) is 7.59. The zero-order valence-electron chi connectivity index (χ0n) is 15.6. The van der Waals surface area contributed by atoms with Crippen molar-refractivity contribution in [3.05, 3.63) is 69.9 Å². The number of rotatable bonds is 3. The van der Waals surface area contributed by atoms with E-state index in [1.54, 1.807) is 30.3 Å². The molecule has 0 spiro atoms. The van der Waals surface area contributed by atoms with Gasteiger partial charge in [-0.2, -0.15) is 5.10 Å². The largest absolute Gasteiger partial charge is 0.487 e. The molecule has 0 radical (unpaired) electrons. The van der Waals surface area contributed by atoms with Crippen LogP contribution in [0.1, 0.15) is 37.6 Å². The number of amides is 1. The van der Waals surface area contributed by atoms with Gasteiger partial charge in [-0.15, -0.1) is 0 Å². The van der Waals surface area contributed by atoms with Crippen molar-refractivity contribution in [2.45, 2.75) is 38.3 Å². The summed E-state index contributed by atoms with van der Waals surface area (Å²) in [5.41, 5.74) is 0.412. The fraction of sp³-hybridized carbons (Fsp3) is 0.286. The first-order chi connectivity index (χ1) is 13.3. The van der Waals surface area contributed by atoms with E-state index < -0.39 is 5.60 Å². The second kappa shape index (κ2) is 6.74. The zero-order valence-corrected chi connectivity index (χ0v) is 15.6. The predicted octanol–water partition coefficient (Wildman–Crippen LogP) is 3.02. The minimum Gasteiger partial charge on any atom is -0.487 e. The van der Waals surface area contributed by atoms with Crippen LogP contribution in [0.2, 0.25) is 0 Å². The van der Waals surface area contributed by atoms with E-state index in [1.165, 1.54) is 12.1 Å². The lowest BCUT2D eigenvalue weighted by Crippen LogP contribution is -2.41. The number of nitrogens with zero attached hydrogens (tertiary/aromatic N) is 1. The molecule has 28 heavy (non-hydrogen) atoms. The lowest BCUT2D eigenvalue weighted by molar-refractivity contribution is -0.121. The van der Waals surface area contributed by atoms with E-state index in [0.717, 1.165) is 5.56 Å². The van der Waals surface area contributed by atoms with Crippen molar-refractivity contribution in [2.24, 2.45) is 0 Å². The number of fused-ring (bicyclic) bond motifs is 2. The number of carbonyl (C=O) groups excluding carboxylic acids is 1. The Bertz CT molecular complexity index is 1120. The molecule has 2 heterocycles. The Morgan fingerprint density at radius 3 is 2.82 bits per heavy atom. The van der Waals surface area contributed by atoms with Crippen LogP contribution in [0.15, 0.2) is 47.3 Å². The van der Waals surface area contributed by atoms with Crippen molar-refractivity contribution in [2.75, 3.05) is 0 Å². The quantitative estimate of drug-likeness (QED) is 0.730. The molecule has 6 nitrogen and oxygen atoms in total. The lowest BCUT2D eigenvalue weighted by Gasteiger charge is -2.37. The molecule has 1 unspecified atom stereocenters. The molecule has 2 N–H and O–H groups in total. The highest BCUT2D eigenvalue weighted by molar-refractivity contribution is 5.88. The van der Waals surface area contributed by atoms with Crippen LogP contribution < -0.4 is 15.6 Å². The highest BCUT2D eigenvalue weighted by atomic mass is 19.1. The Morgan fingerprint density at radius 1 is 1.29 bits per heavy atom. The number of benzene rings is 2. The van der Waals surface area contributed by atoms with E-state index in [1.807, 2.05) is 13.8 Å². The first-order valence-corrected chi connectivity index (χ1v) is 9.06. The fourth-order valence-electron chi connectivity index (χ4n) is 3.66. The van der Waals surface area contributed by atoms with Gasteiger partial charge in [0.2, 0.25) is 5.91 Å². The number of H-pyrrole nitrogens is 1. The van der Waals surface area contributed by atoms with Gasteiger partial charge in [-0.1, -0.05) is 24.3 Å². The van der Waals surface area contributed by atoms with Gasteiger partial charge in [0.15, 0.2) is 0 Å². The monoisotopic (exact) mass is 381 g/mol. The van der Waals surface area contributed by atoms with E-state index >= 15 is 0 Å². The summed E-state index contributed by atoms with van der Waals surface area (Å²) in [6.07, 6.45) is 0.572. The van der Waals surface area contributed by atoms with E-state index in [-0.39, 0.29) is 29.7 Å². The molecule has 0 fully saturated rings. The number of nitrogens with one attached hydrogen (secondary N) is 2. The number of aromatic nitrogens is 2. The highest BCUT2D eigenvalue weighted by Gasteiger charge is 2.34. The molecule has 7 heteroatoms. The van der Waals surface area contributed by atoms with Gasteiger partial charge in [-0.3, -0.25) is 9.59 Å². The number of ether oxygens (including phenoxy) is 1. The Hall–Kier alpha value is -3.22. The van der Waals surface area contributed by atoms with Crippen molar-refractivity contribution < 1.29 is 13.9 Å². The third-order valence-corrected chi connectivity index (χ3v) is 4.87. The number of hydrogen-bond donors (Lipinski definition) is 2. The fourth-order valence-corrected chi connectivity index (χ4v) is 3.66. The minimum absolute atomic E-state index is 0.0195. The molecule has 1 atom stereocenters. The van der Waals surface area contributed by atoms with Crippen LogP contribution >= 0.6 is 0 Å². The third-order valence-electron chi connectivity index (χ3n) is 4.87. The zero-order chi connectivity index (χ0) is 19.9. The highest BCUT2D eigenvalue weighted by Crippen LogP contribution is 2.39. The summed E-state index contributed by atoms with van der Waals surface area (Å²) >= 11 is 0. The van der Waals surface area contributed by atoms with Gasteiger partial charge in [0, 0.05) is 23.4 Å². The minimum atomic E-state index is -0.540. The van der Waals surface area contributed by atoms with Crippen LogP contribution in [-0.2, 0) is 11.2 Å². The van der Waals surface area contributed by atoms with Gasteiger partial charge in [0.05, 0.1) is 23.5 Å². The van der Waals surface area contributed by atoms with Crippen LogP contribution in [0.3, 0.4) is 0 Å².